The van der Waals surface area contributed by atoms with Gasteiger partial charge in [0.2, 0.25) is 0 Å². The van der Waals surface area contributed by atoms with Crippen LogP contribution in [0.3, 0.4) is 0 Å². The Kier molecular flexibility index (Phi) is 7.98. The van der Waals surface area contributed by atoms with Gasteiger partial charge in [0.05, 0.1) is 6.26 Å². The zero-order valence-electron chi connectivity index (χ0n) is 15.7. The van der Waals surface area contributed by atoms with Gasteiger partial charge in [-0.2, -0.15) is 8.42 Å². The number of benzene rings is 2. The van der Waals surface area contributed by atoms with Gasteiger partial charge in [-0.05, 0) is 55.8 Å². The quantitative estimate of drug-likeness (QED) is 0.682. The Morgan fingerprint density at radius 1 is 0.963 bits per heavy atom. The summed E-state index contributed by atoms with van der Waals surface area (Å²) in [5.74, 6) is 0.722. The van der Waals surface area contributed by atoms with Crippen LogP contribution in [0.4, 0.5) is 0 Å². The Labute approximate surface area is 162 Å². The zero-order valence-corrected chi connectivity index (χ0v) is 16.5. The number of nitrogens with one attached hydrogen (secondary N) is 1. The minimum Gasteiger partial charge on any atom is -0.380 e. The van der Waals surface area contributed by atoms with Crippen LogP contribution in [0, 0.1) is 5.92 Å². The van der Waals surface area contributed by atoms with Crippen LogP contribution < -0.4 is 5.32 Å². The van der Waals surface area contributed by atoms with Crippen molar-refractivity contribution in [1.82, 2.24) is 5.32 Å². The van der Waals surface area contributed by atoms with Gasteiger partial charge in [0.15, 0.2) is 0 Å². The van der Waals surface area contributed by atoms with Gasteiger partial charge in [0, 0.05) is 0 Å². The summed E-state index contributed by atoms with van der Waals surface area (Å²) in [6.45, 7) is 2.22. The maximum Gasteiger partial charge on any atom is 0.261 e. The molecule has 27 heavy (non-hydrogen) atoms. The summed E-state index contributed by atoms with van der Waals surface area (Å²) in [5.41, 5.74) is 1.11. The smallest absolute Gasteiger partial charge is 0.261 e. The highest BCUT2D eigenvalue weighted by molar-refractivity contribution is 7.85. The van der Waals surface area contributed by atoms with Crippen molar-refractivity contribution in [3.8, 4) is 0 Å². The molecule has 0 spiro atoms. The molecule has 3 rings (SSSR count). The Balaban J connectivity index is 0.000000465. The molecule has 0 atom stereocenters. The van der Waals surface area contributed by atoms with Crippen molar-refractivity contribution < 1.29 is 18.1 Å². The Bertz CT molecular complexity index is 725. The average molecular weight is 392 g/mol. The van der Waals surface area contributed by atoms with E-state index in [-0.39, 0.29) is 0 Å². The number of hydrogen-bond donors (Lipinski definition) is 3. The fourth-order valence-electron chi connectivity index (χ4n) is 3.47. The van der Waals surface area contributed by atoms with E-state index >= 15 is 0 Å². The second-order valence-electron chi connectivity index (χ2n) is 7.06. The van der Waals surface area contributed by atoms with Gasteiger partial charge < -0.3 is 10.4 Å². The van der Waals surface area contributed by atoms with Crippen molar-refractivity contribution in [3.05, 3.63) is 71.8 Å². The van der Waals surface area contributed by atoms with Crippen LogP contribution in [0.15, 0.2) is 60.7 Å². The lowest BCUT2D eigenvalue weighted by Crippen LogP contribution is -2.31. The summed E-state index contributed by atoms with van der Waals surface area (Å²) in [4.78, 5) is 0. The fourth-order valence-corrected chi connectivity index (χ4v) is 3.47. The molecule has 0 aliphatic carbocycles. The first-order chi connectivity index (χ1) is 12.8. The maximum absolute atomic E-state index is 11.5. The van der Waals surface area contributed by atoms with Gasteiger partial charge in [-0.25, -0.2) is 0 Å². The average Bonchev–Trinajstić information content (AvgIpc) is 2.67. The Hall–Kier alpha value is -1.73. The standard InChI is InChI=1S/C20H25NO.CH4O3S/c22-20(18-7-3-1-4-8-18,19-9-5-2-6-10-19)14-11-17-12-15-21-16-13-17;1-5(2,3)4/h1-10,17,21-22H,11-16H2;1H3,(H,2,3,4). The van der Waals surface area contributed by atoms with Gasteiger partial charge in [0.25, 0.3) is 10.1 Å². The van der Waals surface area contributed by atoms with Crippen molar-refractivity contribution in [1.29, 1.82) is 0 Å². The summed E-state index contributed by atoms with van der Waals surface area (Å²) in [6.07, 6.45) is 5.01. The van der Waals surface area contributed by atoms with Crippen molar-refractivity contribution in [3.63, 3.8) is 0 Å². The van der Waals surface area contributed by atoms with Crippen molar-refractivity contribution in [2.45, 2.75) is 31.3 Å². The van der Waals surface area contributed by atoms with Crippen LogP contribution >= 0.6 is 0 Å². The summed E-state index contributed by atoms with van der Waals surface area (Å²) >= 11 is 0. The largest absolute Gasteiger partial charge is 0.380 e. The topological polar surface area (TPSA) is 86.6 Å². The van der Waals surface area contributed by atoms with Crippen LogP contribution in [0.5, 0.6) is 0 Å². The summed E-state index contributed by atoms with van der Waals surface area (Å²) < 4.78 is 25.9. The molecule has 0 saturated carbocycles. The number of rotatable bonds is 5. The lowest BCUT2D eigenvalue weighted by molar-refractivity contribution is 0.0614. The summed E-state index contributed by atoms with van der Waals surface area (Å²) in [7, 11) is -3.67. The molecule has 0 amide bonds. The molecule has 5 nitrogen and oxygen atoms in total. The minimum atomic E-state index is -3.67. The first kappa shape index (κ1) is 21.6. The van der Waals surface area contributed by atoms with E-state index in [4.69, 9.17) is 4.55 Å². The van der Waals surface area contributed by atoms with Gasteiger partial charge in [0.1, 0.15) is 5.60 Å². The van der Waals surface area contributed by atoms with E-state index < -0.39 is 15.7 Å². The number of hydrogen-bond acceptors (Lipinski definition) is 4. The predicted molar refractivity (Wildman–Crippen MR) is 108 cm³/mol. The van der Waals surface area contributed by atoms with Crippen molar-refractivity contribution in [2.24, 2.45) is 5.92 Å². The normalized spacial score (nSPS) is 15.7. The molecule has 2 aromatic rings. The molecule has 1 heterocycles. The third-order valence-corrected chi connectivity index (χ3v) is 4.88. The molecule has 0 bridgehead atoms. The van der Waals surface area contributed by atoms with E-state index in [1.807, 2.05) is 60.7 Å². The molecule has 1 saturated heterocycles. The van der Waals surface area contributed by atoms with E-state index in [1.165, 1.54) is 12.8 Å². The van der Waals surface area contributed by atoms with E-state index in [1.54, 1.807) is 0 Å². The second-order valence-corrected chi connectivity index (χ2v) is 8.52. The lowest BCUT2D eigenvalue weighted by Gasteiger charge is -2.32. The molecule has 6 heteroatoms. The van der Waals surface area contributed by atoms with Crippen LogP contribution in [0.1, 0.15) is 36.8 Å². The van der Waals surface area contributed by atoms with E-state index in [2.05, 4.69) is 5.32 Å². The van der Waals surface area contributed by atoms with Crippen molar-refractivity contribution >= 4 is 10.1 Å². The van der Waals surface area contributed by atoms with Gasteiger partial charge in [-0.1, -0.05) is 60.7 Å². The molecule has 0 radical (unpaired) electrons. The summed E-state index contributed by atoms with van der Waals surface area (Å²) in [6, 6.07) is 20.2. The monoisotopic (exact) mass is 391 g/mol. The SMILES string of the molecule is CS(=O)(=O)O.OC(CCC1CCNCC1)(c1ccccc1)c1ccccc1. The second kappa shape index (κ2) is 9.99. The fraction of sp³-hybridized carbons (Fsp3) is 0.429. The zero-order chi connectivity index (χ0) is 19.8. The van der Waals surface area contributed by atoms with Crippen LogP contribution in [-0.4, -0.2) is 37.4 Å². The van der Waals surface area contributed by atoms with Gasteiger partial charge >= 0.3 is 0 Å². The lowest BCUT2D eigenvalue weighted by atomic mass is 9.79. The van der Waals surface area contributed by atoms with Gasteiger partial charge in [-0.3, -0.25) is 4.55 Å². The van der Waals surface area contributed by atoms with Crippen LogP contribution in [-0.2, 0) is 15.7 Å². The first-order valence-electron chi connectivity index (χ1n) is 9.25. The third kappa shape index (κ3) is 7.42. The van der Waals surface area contributed by atoms with Crippen molar-refractivity contribution in [2.75, 3.05) is 19.3 Å². The Morgan fingerprint density at radius 2 is 1.37 bits per heavy atom. The first-order valence-corrected chi connectivity index (χ1v) is 11.1. The molecule has 0 aromatic heterocycles. The highest BCUT2D eigenvalue weighted by Crippen LogP contribution is 2.36. The van der Waals surface area contributed by atoms with E-state index in [0.717, 1.165) is 43.0 Å². The number of aliphatic hydroxyl groups is 1. The number of piperidine rings is 1. The minimum absolute atomic E-state index is 0.715. The molecular weight excluding hydrogens is 362 g/mol. The molecule has 1 aliphatic heterocycles. The summed E-state index contributed by atoms with van der Waals surface area (Å²) in [5, 5.41) is 14.9. The molecule has 0 unspecified atom stereocenters. The molecular formula is C21H29NO4S. The van der Waals surface area contributed by atoms with E-state index in [9.17, 15) is 13.5 Å². The molecule has 1 aliphatic rings. The van der Waals surface area contributed by atoms with Crippen LogP contribution in [0.25, 0.3) is 0 Å². The maximum atomic E-state index is 11.5. The van der Waals surface area contributed by atoms with Crippen LogP contribution in [0.2, 0.25) is 0 Å². The highest BCUT2D eigenvalue weighted by Gasteiger charge is 2.32. The molecule has 148 valence electrons. The molecule has 2 aromatic carbocycles. The van der Waals surface area contributed by atoms with E-state index in [0.29, 0.717) is 6.26 Å². The highest BCUT2D eigenvalue weighted by atomic mass is 32.2. The third-order valence-electron chi connectivity index (χ3n) is 4.88. The van der Waals surface area contributed by atoms with Gasteiger partial charge in [-0.15, -0.1) is 0 Å². The predicted octanol–water partition coefficient (Wildman–Crippen LogP) is 3.21. The Morgan fingerprint density at radius 3 is 1.78 bits per heavy atom. The molecule has 1 fully saturated rings. The molecule has 3 N–H and O–H groups in total.